The molecule has 2 aromatic carbocycles. The predicted octanol–water partition coefficient (Wildman–Crippen LogP) is 3.85. The van der Waals surface area contributed by atoms with Gasteiger partial charge in [-0.3, -0.25) is 4.72 Å². The highest BCUT2D eigenvalue weighted by Crippen LogP contribution is 2.24. The van der Waals surface area contributed by atoms with Crippen molar-refractivity contribution >= 4 is 38.3 Å². The molecule has 0 spiro atoms. The van der Waals surface area contributed by atoms with Crippen LogP contribution in [0.15, 0.2) is 41.3 Å². The van der Waals surface area contributed by atoms with E-state index in [2.05, 4.69) is 27.3 Å². The van der Waals surface area contributed by atoms with Crippen molar-refractivity contribution in [1.82, 2.24) is 0 Å². The molecule has 20 heavy (non-hydrogen) atoms. The topological polar surface area (TPSA) is 46.2 Å². The zero-order valence-electron chi connectivity index (χ0n) is 10.9. The van der Waals surface area contributed by atoms with Gasteiger partial charge in [0.1, 0.15) is 5.82 Å². The summed E-state index contributed by atoms with van der Waals surface area (Å²) in [6.07, 6.45) is 0. The third-order valence-electron chi connectivity index (χ3n) is 2.79. The highest BCUT2D eigenvalue weighted by atomic mass is 127. The minimum absolute atomic E-state index is 0.123. The minimum Gasteiger partial charge on any atom is -0.280 e. The van der Waals surface area contributed by atoms with Crippen molar-refractivity contribution in [3.63, 3.8) is 0 Å². The number of halogens is 2. The van der Waals surface area contributed by atoms with Crippen LogP contribution >= 0.6 is 22.6 Å². The fourth-order valence-electron chi connectivity index (χ4n) is 2.05. The van der Waals surface area contributed by atoms with Gasteiger partial charge < -0.3 is 0 Å². The van der Waals surface area contributed by atoms with Crippen molar-refractivity contribution in [3.05, 3.63) is 56.9 Å². The Labute approximate surface area is 131 Å². The van der Waals surface area contributed by atoms with Crippen LogP contribution in [0, 0.1) is 23.2 Å². The van der Waals surface area contributed by atoms with Gasteiger partial charge in [-0.05, 0) is 84.0 Å². The van der Waals surface area contributed by atoms with Crippen molar-refractivity contribution < 1.29 is 12.8 Å². The highest BCUT2D eigenvalue weighted by molar-refractivity contribution is 14.1. The molecule has 0 aromatic heterocycles. The molecule has 0 unspecified atom stereocenters. The highest BCUT2D eigenvalue weighted by Gasteiger charge is 2.20. The van der Waals surface area contributed by atoms with Crippen LogP contribution < -0.4 is 4.72 Å². The lowest BCUT2D eigenvalue weighted by Gasteiger charge is -2.13. The van der Waals surface area contributed by atoms with Crippen LogP contribution in [0.25, 0.3) is 0 Å². The summed E-state index contributed by atoms with van der Waals surface area (Å²) in [4.78, 5) is 0.123. The fraction of sp³-hybridized carbons (Fsp3) is 0.143. The summed E-state index contributed by atoms with van der Waals surface area (Å²) in [7, 11) is -3.72. The summed E-state index contributed by atoms with van der Waals surface area (Å²) in [5, 5.41) is 0. The second kappa shape index (κ2) is 5.69. The first-order valence-corrected chi connectivity index (χ1v) is 8.41. The molecule has 0 atom stereocenters. The third-order valence-corrected chi connectivity index (χ3v) is 5.20. The molecule has 2 aromatic rings. The van der Waals surface area contributed by atoms with E-state index in [0.717, 1.165) is 3.57 Å². The summed E-state index contributed by atoms with van der Waals surface area (Å²) in [6, 6.07) is 9.43. The standard InChI is InChI=1S/C14H13FINO2S/c1-9-7-11(15)8-10(2)14(9)20(18,19)17-13-5-3-12(16)4-6-13/h3-8,17H,1-2H3. The molecule has 0 aliphatic rings. The van der Waals surface area contributed by atoms with Gasteiger partial charge in [0.2, 0.25) is 0 Å². The smallest absolute Gasteiger partial charge is 0.262 e. The van der Waals surface area contributed by atoms with Crippen LogP contribution in [0.4, 0.5) is 10.1 Å². The van der Waals surface area contributed by atoms with Crippen molar-refractivity contribution in [2.75, 3.05) is 4.72 Å². The lowest BCUT2D eigenvalue weighted by Crippen LogP contribution is -2.16. The molecule has 2 rings (SSSR count). The molecule has 0 radical (unpaired) electrons. The van der Waals surface area contributed by atoms with E-state index >= 15 is 0 Å². The van der Waals surface area contributed by atoms with Crippen LogP contribution in [0.3, 0.4) is 0 Å². The van der Waals surface area contributed by atoms with Gasteiger partial charge in [0.15, 0.2) is 0 Å². The van der Waals surface area contributed by atoms with Gasteiger partial charge in [-0.2, -0.15) is 0 Å². The van der Waals surface area contributed by atoms with Gasteiger partial charge in [0.25, 0.3) is 10.0 Å². The van der Waals surface area contributed by atoms with E-state index in [9.17, 15) is 12.8 Å². The quantitative estimate of drug-likeness (QED) is 0.789. The van der Waals surface area contributed by atoms with E-state index in [0.29, 0.717) is 16.8 Å². The fourth-order valence-corrected chi connectivity index (χ4v) is 3.92. The van der Waals surface area contributed by atoms with E-state index in [-0.39, 0.29) is 4.90 Å². The third kappa shape index (κ3) is 3.29. The maximum Gasteiger partial charge on any atom is 0.262 e. The molecule has 0 aliphatic carbocycles. The number of rotatable bonds is 3. The SMILES string of the molecule is Cc1cc(F)cc(C)c1S(=O)(=O)Nc1ccc(I)cc1. The van der Waals surface area contributed by atoms with Crippen molar-refractivity contribution in [1.29, 1.82) is 0 Å². The van der Waals surface area contributed by atoms with Crippen LogP contribution in [0.1, 0.15) is 11.1 Å². The molecular formula is C14H13FINO2S. The van der Waals surface area contributed by atoms with E-state index < -0.39 is 15.8 Å². The van der Waals surface area contributed by atoms with Gasteiger partial charge in [0.05, 0.1) is 4.90 Å². The average Bonchev–Trinajstić information content (AvgIpc) is 2.30. The largest absolute Gasteiger partial charge is 0.280 e. The molecule has 0 fully saturated rings. The first-order chi connectivity index (χ1) is 9.29. The lowest BCUT2D eigenvalue weighted by atomic mass is 10.1. The first-order valence-electron chi connectivity index (χ1n) is 5.85. The Kier molecular flexibility index (Phi) is 4.33. The van der Waals surface area contributed by atoms with Gasteiger partial charge in [-0.15, -0.1) is 0 Å². The number of sulfonamides is 1. The Morgan fingerprint density at radius 3 is 2.05 bits per heavy atom. The normalized spacial score (nSPS) is 11.4. The number of anilines is 1. The van der Waals surface area contributed by atoms with E-state index in [1.165, 1.54) is 12.1 Å². The number of aryl methyl sites for hydroxylation is 2. The Morgan fingerprint density at radius 1 is 1.05 bits per heavy atom. The molecule has 3 nitrogen and oxygen atoms in total. The molecule has 0 amide bonds. The molecule has 0 saturated carbocycles. The maximum absolute atomic E-state index is 13.3. The Bertz CT molecular complexity index is 719. The number of hydrogen-bond acceptors (Lipinski definition) is 2. The van der Waals surface area contributed by atoms with Crippen LogP contribution in [0.5, 0.6) is 0 Å². The van der Waals surface area contributed by atoms with Gasteiger partial charge >= 0.3 is 0 Å². The summed E-state index contributed by atoms with van der Waals surface area (Å²) >= 11 is 2.14. The number of nitrogens with one attached hydrogen (secondary N) is 1. The predicted molar refractivity (Wildman–Crippen MR) is 85.8 cm³/mol. The van der Waals surface area contributed by atoms with E-state index in [4.69, 9.17) is 0 Å². The summed E-state index contributed by atoms with van der Waals surface area (Å²) < 4.78 is 41.6. The summed E-state index contributed by atoms with van der Waals surface area (Å²) in [5.41, 5.74) is 1.26. The number of benzene rings is 2. The number of hydrogen-bond donors (Lipinski definition) is 1. The molecular weight excluding hydrogens is 392 g/mol. The van der Waals surface area contributed by atoms with Crippen molar-refractivity contribution in [2.24, 2.45) is 0 Å². The second-order valence-electron chi connectivity index (χ2n) is 4.48. The molecule has 6 heteroatoms. The molecule has 1 N–H and O–H groups in total. The van der Waals surface area contributed by atoms with Crippen molar-refractivity contribution in [2.45, 2.75) is 18.7 Å². The lowest BCUT2D eigenvalue weighted by molar-refractivity contribution is 0.597. The van der Waals surface area contributed by atoms with Crippen LogP contribution in [-0.4, -0.2) is 8.42 Å². The summed E-state index contributed by atoms with van der Waals surface area (Å²) in [5.74, 6) is -0.437. The molecule has 106 valence electrons. The molecule has 0 saturated heterocycles. The second-order valence-corrected chi connectivity index (χ2v) is 7.35. The zero-order valence-corrected chi connectivity index (χ0v) is 13.9. The first kappa shape index (κ1) is 15.2. The Hall–Kier alpha value is -1.15. The molecule has 0 bridgehead atoms. The monoisotopic (exact) mass is 405 g/mol. The van der Waals surface area contributed by atoms with Gasteiger partial charge in [0, 0.05) is 9.26 Å². The maximum atomic E-state index is 13.3. The van der Waals surface area contributed by atoms with Crippen LogP contribution in [0.2, 0.25) is 0 Å². The van der Waals surface area contributed by atoms with E-state index in [1.54, 1.807) is 26.0 Å². The van der Waals surface area contributed by atoms with Gasteiger partial charge in [-0.25, -0.2) is 12.8 Å². The van der Waals surface area contributed by atoms with Crippen LogP contribution in [-0.2, 0) is 10.0 Å². The zero-order chi connectivity index (χ0) is 14.9. The molecule has 0 aliphatic heterocycles. The Morgan fingerprint density at radius 2 is 1.55 bits per heavy atom. The van der Waals surface area contributed by atoms with Gasteiger partial charge in [-0.1, -0.05) is 0 Å². The minimum atomic E-state index is -3.72. The molecule has 0 heterocycles. The van der Waals surface area contributed by atoms with Crippen molar-refractivity contribution in [3.8, 4) is 0 Å². The average molecular weight is 405 g/mol. The summed E-state index contributed by atoms with van der Waals surface area (Å²) in [6.45, 7) is 3.16. The van der Waals surface area contributed by atoms with E-state index in [1.807, 2.05) is 12.1 Å². The Balaban J connectivity index is 2.43.